The van der Waals surface area contributed by atoms with E-state index in [2.05, 4.69) is 5.32 Å². The maximum atomic E-state index is 11.2. The number of nitrogens with one attached hydrogen (secondary N) is 1. The molecule has 1 heterocycles. The monoisotopic (exact) mass is 248 g/mol. The van der Waals surface area contributed by atoms with Gasteiger partial charge in [-0.05, 0) is 25.8 Å². The first-order valence-corrected chi connectivity index (χ1v) is 6.69. The molecule has 1 aliphatic rings. The first-order chi connectivity index (χ1) is 8.77. The maximum Gasteiger partial charge on any atom is 0.238 e. The van der Waals surface area contributed by atoms with E-state index in [0.717, 1.165) is 24.9 Å². The molecule has 1 aliphatic heterocycles. The molecule has 2 atom stereocenters. The minimum absolute atomic E-state index is 0.155. The smallest absolute Gasteiger partial charge is 0.238 e. The van der Waals surface area contributed by atoms with Crippen LogP contribution in [0.3, 0.4) is 0 Å². The summed E-state index contributed by atoms with van der Waals surface area (Å²) in [7, 11) is 0. The van der Waals surface area contributed by atoms with Gasteiger partial charge in [0.15, 0.2) is 0 Å². The summed E-state index contributed by atoms with van der Waals surface area (Å²) in [4.78, 5) is 11.0. The minimum Gasteiger partial charge on any atom is -0.314 e. The van der Waals surface area contributed by atoms with Crippen LogP contribution < -0.4 is 5.32 Å². The fourth-order valence-electron chi connectivity index (χ4n) is 2.60. The van der Waals surface area contributed by atoms with Crippen LogP contribution in [0.1, 0.15) is 43.7 Å². The second-order valence-electron chi connectivity index (χ2n) is 4.94. The van der Waals surface area contributed by atoms with Crippen LogP contribution in [-0.4, -0.2) is 17.5 Å². The summed E-state index contributed by atoms with van der Waals surface area (Å²) in [5.41, 5.74) is 0.818. The average molecular weight is 248 g/mol. The third kappa shape index (κ3) is 3.53. The Labute approximate surface area is 108 Å². The van der Waals surface area contributed by atoms with E-state index in [9.17, 15) is 10.1 Å². The molecule has 2 unspecified atom stereocenters. The average Bonchev–Trinajstić information content (AvgIpc) is 2.41. The molecule has 0 bridgehead atoms. The van der Waals surface area contributed by atoms with Gasteiger partial charge >= 0.3 is 0 Å². The van der Waals surface area contributed by atoms with Crippen LogP contribution in [0.15, 0.2) is 30.3 Å². The highest BCUT2D eigenvalue weighted by atomic mass is 16.6. The summed E-state index contributed by atoms with van der Waals surface area (Å²) < 4.78 is 0. The van der Waals surface area contributed by atoms with Gasteiger partial charge in [0.05, 0.1) is 0 Å². The largest absolute Gasteiger partial charge is 0.314 e. The lowest BCUT2D eigenvalue weighted by atomic mass is 9.95. The lowest BCUT2D eigenvalue weighted by Crippen LogP contribution is -2.34. The van der Waals surface area contributed by atoms with E-state index < -0.39 is 6.04 Å². The second kappa shape index (κ2) is 6.50. The quantitative estimate of drug-likeness (QED) is 0.644. The molecule has 1 aromatic rings. The molecule has 4 nitrogen and oxygen atoms in total. The van der Waals surface area contributed by atoms with E-state index in [1.165, 1.54) is 12.8 Å². The number of nitro groups is 1. The molecule has 18 heavy (non-hydrogen) atoms. The highest BCUT2D eigenvalue weighted by molar-refractivity contribution is 5.17. The topological polar surface area (TPSA) is 55.2 Å². The summed E-state index contributed by atoms with van der Waals surface area (Å²) in [5.74, 6) is 0. The number of benzene rings is 1. The lowest BCUT2D eigenvalue weighted by Gasteiger charge is -2.23. The second-order valence-corrected chi connectivity index (χ2v) is 4.94. The minimum atomic E-state index is -0.560. The Morgan fingerprint density at radius 2 is 2.11 bits per heavy atom. The van der Waals surface area contributed by atoms with Crippen LogP contribution in [0, 0.1) is 10.1 Å². The molecular weight excluding hydrogens is 228 g/mol. The van der Waals surface area contributed by atoms with Crippen molar-refractivity contribution in [3.8, 4) is 0 Å². The van der Waals surface area contributed by atoms with Crippen LogP contribution in [0.4, 0.5) is 0 Å². The van der Waals surface area contributed by atoms with Crippen molar-refractivity contribution in [2.24, 2.45) is 0 Å². The predicted octanol–water partition coefficient (Wildman–Crippen LogP) is 2.93. The van der Waals surface area contributed by atoms with Crippen molar-refractivity contribution in [1.82, 2.24) is 5.32 Å². The molecule has 0 radical (unpaired) electrons. The van der Waals surface area contributed by atoms with Crippen molar-refractivity contribution in [3.63, 3.8) is 0 Å². The van der Waals surface area contributed by atoms with Crippen molar-refractivity contribution >= 4 is 0 Å². The summed E-state index contributed by atoms with van der Waals surface area (Å²) in [6, 6.07) is 9.22. The molecule has 0 aliphatic carbocycles. The fourth-order valence-corrected chi connectivity index (χ4v) is 2.60. The molecular formula is C14H20N2O2. The van der Waals surface area contributed by atoms with Gasteiger partial charge in [0.25, 0.3) is 0 Å². The Morgan fingerprint density at radius 1 is 1.33 bits per heavy atom. The number of nitrogens with zero attached hydrogens (tertiary/aromatic N) is 1. The molecule has 2 rings (SSSR count). The molecule has 0 amide bonds. The van der Waals surface area contributed by atoms with Gasteiger partial charge in [-0.25, -0.2) is 0 Å². The van der Waals surface area contributed by atoms with Crippen LogP contribution in [0.25, 0.3) is 0 Å². The van der Waals surface area contributed by atoms with E-state index in [1.807, 2.05) is 30.3 Å². The third-order valence-corrected chi connectivity index (χ3v) is 3.64. The Bertz CT molecular complexity index is 375. The molecule has 1 fully saturated rings. The summed E-state index contributed by atoms with van der Waals surface area (Å²) in [5, 5.41) is 14.6. The van der Waals surface area contributed by atoms with Gasteiger partial charge in [-0.3, -0.25) is 10.1 Å². The molecule has 0 saturated carbocycles. The Kier molecular flexibility index (Phi) is 4.70. The number of hydrogen-bond donors (Lipinski definition) is 1. The molecule has 0 aromatic heterocycles. The van der Waals surface area contributed by atoms with Gasteiger partial charge in [-0.1, -0.05) is 36.8 Å². The molecule has 1 aromatic carbocycles. The highest BCUT2D eigenvalue weighted by Crippen LogP contribution is 2.24. The van der Waals surface area contributed by atoms with Crippen molar-refractivity contribution in [2.75, 3.05) is 6.54 Å². The number of hydrogen-bond acceptors (Lipinski definition) is 3. The molecule has 0 spiro atoms. The summed E-state index contributed by atoms with van der Waals surface area (Å²) in [6.45, 7) is 1.05. The Morgan fingerprint density at radius 3 is 2.72 bits per heavy atom. The first kappa shape index (κ1) is 13.0. The van der Waals surface area contributed by atoms with Crippen molar-refractivity contribution < 1.29 is 4.92 Å². The molecule has 98 valence electrons. The first-order valence-electron chi connectivity index (χ1n) is 6.69. The van der Waals surface area contributed by atoms with Gasteiger partial charge in [-0.2, -0.15) is 0 Å². The number of rotatable bonds is 5. The van der Waals surface area contributed by atoms with Gasteiger partial charge in [0.1, 0.15) is 0 Å². The Hall–Kier alpha value is -1.42. The van der Waals surface area contributed by atoms with Crippen molar-refractivity contribution in [1.29, 1.82) is 0 Å². The standard InChI is InChI=1S/C14H20N2O2/c17-16(18)14(12-6-2-1-3-7-12)10-9-13-8-4-5-11-15-13/h1-3,6-7,13-15H,4-5,8-11H2. The van der Waals surface area contributed by atoms with Crippen LogP contribution >= 0.6 is 0 Å². The summed E-state index contributed by atoms with van der Waals surface area (Å²) >= 11 is 0. The van der Waals surface area contributed by atoms with Gasteiger partial charge in [0, 0.05) is 22.9 Å². The van der Waals surface area contributed by atoms with E-state index in [-0.39, 0.29) is 4.92 Å². The zero-order valence-electron chi connectivity index (χ0n) is 10.5. The molecule has 4 heteroatoms. The van der Waals surface area contributed by atoms with Crippen LogP contribution in [0.2, 0.25) is 0 Å². The third-order valence-electron chi connectivity index (χ3n) is 3.64. The fraction of sp³-hybridized carbons (Fsp3) is 0.571. The highest BCUT2D eigenvalue weighted by Gasteiger charge is 2.24. The normalized spacial score (nSPS) is 21.4. The maximum absolute atomic E-state index is 11.2. The van der Waals surface area contributed by atoms with Gasteiger partial charge in [-0.15, -0.1) is 0 Å². The van der Waals surface area contributed by atoms with E-state index in [1.54, 1.807) is 0 Å². The van der Waals surface area contributed by atoms with Crippen LogP contribution in [0.5, 0.6) is 0 Å². The van der Waals surface area contributed by atoms with Crippen molar-refractivity contribution in [2.45, 2.75) is 44.2 Å². The zero-order chi connectivity index (χ0) is 12.8. The predicted molar refractivity (Wildman–Crippen MR) is 71.1 cm³/mol. The lowest BCUT2D eigenvalue weighted by molar-refractivity contribution is -0.530. The zero-order valence-corrected chi connectivity index (χ0v) is 10.5. The van der Waals surface area contributed by atoms with Crippen molar-refractivity contribution in [3.05, 3.63) is 46.0 Å². The Balaban J connectivity index is 1.92. The van der Waals surface area contributed by atoms with Gasteiger partial charge in [0.2, 0.25) is 6.04 Å². The molecule has 1 saturated heterocycles. The number of piperidine rings is 1. The van der Waals surface area contributed by atoms with Gasteiger partial charge < -0.3 is 5.32 Å². The molecule has 1 N–H and O–H groups in total. The van der Waals surface area contributed by atoms with E-state index in [0.29, 0.717) is 12.5 Å². The van der Waals surface area contributed by atoms with E-state index in [4.69, 9.17) is 0 Å². The van der Waals surface area contributed by atoms with E-state index >= 15 is 0 Å². The summed E-state index contributed by atoms with van der Waals surface area (Å²) in [6.07, 6.45) is 5.13. The van der Waals surface area contributed by atoms with Crippen LogP contribution in [-0.2, 0) is 0 Å². The SMILES string of the molecule is O=[N+]([O-])C(CCC1CCCCN1)c1ccccc1.